The summed E-state index contributed by atoms with van der Waals surface area (Å²) in [5, 5.41) is 0.225. The van der Waals surface area contributed by atoms with Gasteiger partial charge in [-0.25, -0.2) is 0 Å². The zero-order valence-corrected chi connectivity index (χ0v) is 18.9. The van der Waals surface area contributed by atoms with Gasteiger partial charge >= 0.3 is 5.97 Å². The molecule has 0 spiro atoms. The number of allylic oxidation sites excluding steroid dienone is 2. The molecule has 0 aromatic carbocycles. The summed E-state index contributed by atoms with van der Waals surface area (Å²) in [6, 6.07) is 0. The van der Waals surface area contributed by atoms with E-state index in [-0.39, 0.29) is 29.1 Å². The summed E-state index contributed by atoms with van der Waals surface area (Å²) in [4.78, 5) is 11.7. The van der Waals surface area contributed by atoms with Gasteiger partial charge < -0.3 is 13.9 Å². The lowest BCUT2D eigenvalue weighted by Crippen LogP contribution is -2.40. The van der Waals surface area contributed by atoms with Crippen molar-refractivity contribution in [2.75, 3.05) is 13.7 Å². The molecule has 0 saturated carbocycles. The Kier molecular flexibility index (Phi) is 8.77. The molecule has 0 N–H and O–H groups in total. The van der Waals surface area contributed by atoms with Crippen LogP contribution in [0.15, 0.2) is 23.8 Å². The van der Waals surface area contributed by atoms with Gasteiger partial charge in [-0.2, -0.15) is 0 Å². The number of cyclic esters (lactones) is 1. The van der Waals surface area contributed by atoms with Gasteiger partial charge in [-0.1, -0.05) is 45.9 Å². The number of carbonyl (C=O) groups is 1. The van der Waals surface area contributed by atoms with Crippen molar-refractivity contribution in [1.82, 2.24) is 0 Å². The first-order valence-electron chi connectivity index (χ1n) is 9.68. The highest BCUT2D eigenvalue weighted by Gasteiger charge is 2.36. The number of rotatable bonds is 8. The first kappa shape index (κ1) is 23.1. The number of esters is 1. The molecule has 0 unspecified atom stereocenters. The van der Waals surface area contributed by atoms with Crippen molar-refractivity contribution < 1.29 is 18.7 Å². The van der Waals surface area contributed by atoms with Gasteiger partial charge in [0, 0.05) is 13.5 Å². The van der Waals surface area contributed by atoms with Crippen LogP contribution in [-0.2, 0) is 18.7 Å². The second kappa shape index (κ2) is 9.86. The number of ether oxygens (including phenoxy) is 2. The lowest BCUT2D eigenvalue weighted by Gasteiger charge is -2.35. The van der Waals surface area contributed by atoms with Gasteiger partial charge in [0.05, 0.1) is 18.6 Å². The van der Waals surface area contributed by atoms with Crippen LogP contribution in [0.3, 0.4) is 0 Å². The van der Waals surface area contributed by atoms with Gasteiger partial charge in [-0.05, 0) is 43.5 Å². The predicted octanol–water partition coefficient (Wildman–Crippen LogP) is 5.26. The number of hydrogen-bond donors (Lipinski definition) is 0. The van der Waals surface area contributed by atoms with Crippen LogP contribution >= 0.6 is 0 Å². The maximum Gasteiger partial charge on any atom is 0.308 e. The minimum atomic E-state index is -1.70. The van der Waals surface area contributed by atoms with Crippen molar-refractivity contribution in [2.24, 2.45) is 5.92 Å². The first-order chi connectivity index (χ1) is 12.0. The van der Waals surface area contributed by atoms with Crippen molar-refractivity contribution in [3.05, 3.63) is 23.8 Å². The van der Waals surface area contributed by atoms with Crippen LogP contribution in [-0.4, -0.2) is 40.2 Å². The van der Waals surface area contributed by atoms with Crippen LogP contribution in [0.5, 0.6) is 0 Å². The normalized spacial score (nSPS) is 24.0. The Bertz CT molecular complexity index is 517. The lowest BCUT2D eigenvalue weighted by atomic mass is 9.94. The van der Waals surface area contributed by atoms with E-state index in [0.29, 0.717) is 13.0 Å². The largest absolute Gasteiger partial charge is 0.462 e. The van der Waals surface area contributed by atoms with Crippen LogP contribution in [0, 0.1) is 5.92 Å². The highest BCUT2D eigenvalue weighted by Crippen LogP contribution is 2.36. The third-order valence-electron chi connectivity index (χ3n) is 5.72. The van der Waals surface area contributed by atoms with Crippen LogP contribution in [0.2, 0.25) is 18.1 Å². The zero-order valence-electron chi connectivity index (χ0n) is 17.9. The molecule has 5 heteroatoms. The molecule has 1 heterocycles. The molecule has 3 atom stereocenters. The second-order valence-corrected chi connectivity index (χ2v) is 13.7. The molecular weight excluding hydrogens is 344 g/mol. The molecule has 0 aromatic heterocycles. The Morgan fingerprint density at radius 2 is 2.00 bits per heavy atom. The maximum absolute atomic E-state index is 11.7. The molecule has 1 aliphatic heterocycles. The van der Waals surface area contributed by atoms with E-state index in [9.17, 15) is 4.79 Å². The first-order valence-corrected chi connectivity index (χ1v) is 12.6. The van der Waals surface area contributed by atoms with Gasteiger partial charge in [0.2, 0.25) is 0 Å². The second-order valence-electron chi connectivity index (χ2n) is 8.91. The van der Waals surface area contributed by atoms with E-state index in [1.165, 1.54) is 0 Å². The smallest absolute Gasteiger partial charge is 0.308 e. The molecule has 150 valence electrons. The van der Waals surface area contributed by atoms with Crippen LogP contribution in [0.1, 0.15) is 53.9 Å². The molecular formula is C21H38O4Si. The summed E-state index contributed by atoms with van der Waals surface area (Å²) < 4.78 is 17.3. The maximum atomic E-state index is 11.7. The number of methoxy groups -OCH3 is 1. The third-order valence-corrected chi connectivity index (χ3v) is 10.2. The molecule has 4 nitrogen and oxygen atoms in total. The highest BCUT2D eigenvalue weighted by molar-refractivity contribution is 6.74. The van der Waals surface area contributed by atoms with Gasteiger partial charge in [0.15, 0.2) is 8.32 Å². The molecule has 1 aliphatic rings. The highest BCUT2D eigenvalue weighted by atomic mass is 28.4. The minimum absolute atomic E-state index is 0.0210. The molecule has 1 rings (SSSR count). The van der Waals surface area contributed by atoms with Gasteiger partial charge in [0.25, 0.3) is 0 Å². The Morgan fingerprint density at radius 1 is 1.35 bits per heavy atom. The Hall–Kier alpha value is -0.913. The fraction of sp³-hybridized carbons (Fsp3) is 0.762. The fourth-order valence-corrected chi connectivity index (χ4v) is 3.57. The summed E-state index contributed by atoms with van der Waals surface area (Å²) in [7, 11) is 0.0103. The average Bonchev–Trinajstić information content (AvgIpc) is 2.54. The summed E-state index contributed by atoms with van der Waals surface area (Å²) in [6.45, 7) is 15.9. The lowest BCUT2D eigenvalue weighted by molar-refractivity contribution is -0.161. The summed E-state index contributed by atoms with van der Waals surface area (Å²) in [5.74, 6) is -0.0619. The molecule has 0 amide bonds. The van der Waals surface area contributed by atoms with Gasteiger partial charge in [-0.3, -0.25) is 4.79 Å². The third kappa shape index (κ3) is 7.01. The van der Waals surface area contributed by atoms with Crippen LogP contribution in [0.4, 0.5) is 0 Å². The van der Waals surface area contributed by atoms with Gasteiger partial charge in [-0.15, -0.1) is 0 Å². The Morgan fingerprint density at radius 3 is 2.54 bits per heavy atom. The van der Waals surface area contributed by atoms with Crippen molar-refractivity contribution in [2.45, 2.75) is 84.2 Å². The number of carbonyl (C=O) groups excluding carboxylic acids is 1. The average molecular weight is 383 g/mol. The molecule has 0 radical (unpaired) electrons. The molecule has 1 saturated heterocycles. The van der Waals surface area contributed by atoms with Crippen molar-refractivity contribution >= 4 is 14.3 Å². The fourth-order valence-electron chi connectivity index (χ4n) is 2.62. The standard InChI is InChI=1S/C21H38O4Si/c1-16(11-9-10-14-24-26(7,8)21(3,4)5)19(23-6)15-18-13-12-17(2)20(22)25-18/h9-11,17-19H,12-15H2,1-8H3/b10-9+,16-11+/t17-,18+,19+/m1/s1. The van der Waals surface area contributed by atoms with Crippen molar-refractivity contribution in [3.8, 4) is 0 Å². The minimum Gasteiger partial charge on any atom is -0.462 e. The molecule has 0 aliphatic carbocycles. The SMILES string of the molecule is CO[C@@H](C[C@@H]1CC[C@@H](C)C(=O)O1)/C(C)=C/C=C/CO[Si](C)(C)C(C)(C)C. The molecule has 0 bridgehead atoms. The summed E-state index contributed by atoms with van der Waals surface area (Å²) in [6.07, 6.45) is 8.60. The Balaban J connectivity index is 2.52. The molecule has 0 aromatic rings. The van der Waals surface area contributed by atoms with E-state index >= 15 is 0 Å². The van der Waals surface area contributed by atoms with E-state index in [2.05, 4.69) is 52.9 Å². The molecule has 1 fully saturated rings. The monoisotopic (exact) mass is 382 g/mol. The van der Waals surface area contributed by atoms with Crippen molar-refractivity contribution in [3.63, 3.8) is 0 Å². The topological polar surface area (TPSA) is 44.8 Å². The van der Waals surface area contributed by atoms with Gasteiger partial charge in [0.1, 0.15) is 6.10 Å². The van der Waals surface area contributed by atoms with E-state index in [4.69, 9.17) is 13.9 Å². The van der Waals surface area contributed by atoms with E-state index < -0.39 is 8.32 Å². The van der Waals surface area contributed by atoms with Crippen LogP contribution in [0.25, 0.3) is 0 Å². The Labute approximate surface area is 161 Å². The summed E-state index contributed by atoms with van der Waals surface area (Å²) in [5.41, 5.74) is 1.13. The van der Waals surface area contributed by atoms with E-state index in [0.717, 1.165) is 18.4 Å². The molecule has 26 heavy (non-hydrogen) atoms. The predicted molar refractivity (Wildman–Crippen MR) is 110 cm³/mol. The van der Waals surface area contributed by atoms with E-state index in [1.54, 1.807) is 7.11 Å². The van der Waals surface area contributed by atoms with Crippen molar-refractivity contribution in [1.29, 1.82) is 0 Å². The van der Waals surface area contributed by atoms with E-state index in [1.807, 2.05) is 13.0 Å². The van der Waals surface area contributed by atoms with Crippen LogP contribution < -0.4 is 0 Å². The summed E-state index contributed by atoms with van der Waals surface area (Å²) >= 11 is 0. The number of hydrogen-bond acceptors (Lipinski definition) is 4. The quantitative estimate of drug-likeness (QED) is 0.326. The zero-order chi connectivity index (χ0) is 20.0.